The highest BCUT2D eigenvalue weighted by atomic mass is 19.3. The summed E-state index contributed by atoms with van der Waals surface area (Å²) in [6.07, 6.45) is 3.65. The number of nitrogen functional groups attached to an aromatic ring is 1. The molecule has 0 fully saturated rings. The largest absolute Gasteiger partial charge is 0.481 e. The monoisotopic (exact) mass is 428 g/mol. The van der Waals surface area contributed by atoms with Crippen LogP contribution in [0.3, 0.4) is 0 Å². The minimum absolute atomic E-state index is 0.0563. The van der Waals surface area contributed by atoms with Crippen molar-refractivity contribution in [3.05, 3.63) is 30.2 Å². The summed E-state index contributed by atoms with van der Waals surface area (Å²) in [5, 5.41) is 12.9. The number of aromatic nitrogens is 3. The van der Waals surface area contributed by atoms with Gasteiger partial charge in [-0.25, -0.2) is 4.68 Å². The first-order valence-electron chi connectivity index (χ1n) is 9.19. The average molecular weight is 428 g/mol. The number of rotatable bonds is 12. The van der Waals surface area contributed by atoms with Gasteiger partial charge in [0.15, 0.2) is 0 Å². The number of aliphatic carboxylic acids is 1. The molecule has 11 heteroatoms. The Bertz CT molecular complexity index is 842. The molecule has 0 aliphatic rings. The van der Waals surface area contributed by atoms with E-state index in [2.05, 4.69) is 10.1 Å². The Morgan fingerprint density at radius 3 is 2.60 bits per heavy atom. The van der Waals surface area contributed by atoms with Gasteiger partial charge in [0.05, 0.1) is 30.1 Å². The quantitative estimate of drug-likeness (QED) is 0.495. The third-order valence-corrected chi connectivity index (χ3v) is 4.87. The average Bonchev–Trinajstić information content (AvgIpc) is 3.12. The molecule has 0 aromatic carbocycles. The van der Waals surface area contributed by atoms with Gasteiger partial charge in [-0.05, 0) is 25.0 Å². The van der Waals surface area contributed by atoms with Crippen LogP contribution in [-0.4, -0.2) is 53.8 Å². The van der Waals surface area contributed by atoms with E-state index in [-0.39, 0.29) is 24.4 Å². The van der Waals surface area contributed by atoms with Crippen molar-refractivity contribution in [1.82, 2.24) is 14.8 Å². The number of methoxy groups -OCH3 is 3. The molecule has 2 heterocycles. The van der Waals surface area contributed by atoms with Crippen molar-refractivity contribution in [2.45, 2.75) is 31.6 Å². The number of nitrogens with zero attached hydrogens (tertiary/aromatic N) is 3. The van der Waals surface area contributed by atoms with Gasteiger partial charge in [0.2, 0.25) is 5.79 Å². The molecule has 0 radical (unpaired) electrons. The van der Waals surface area contributed by atoms with Gasteiger partial charge >= 0.3 is 12.5 Å². The lowest BCUT2D eigenvalue weighted by molar-refractivity contribution is -0.223. The maximum absolute atomic E-state index is 13.3. The number of carboxylic acid groups (broad SMARTS) is 1. The van der Waals surface area contributed by atoms with E-state index in [1.54, 1.807) is 6.07 Å². The summed E-state index contributed by atoms with van der Waals surface area (Å²) in [6.45, 7) is -2.77. The minimum atomic E-state index is -2.86. The Hall–Kier alpha value is -2.63. The number of hydrogen-bond acceptors (Lipinski definition) is 7. The molecule has 1 unspecified atom stereocenters. The van der Waals surface area contributed by atoms with E-state index in [1.165, 1.54) is 33.6 Å². The third kappa shape index (κ3) is 5.10. The van der Waals surface area contributed by atoms with E-state index >= 15 is 0 Å². The molecule has 9 nitrogen and oxygen atoms in total. The zero-order valence-electron chi connectivity index (χ0n) is 17.0. The number of alkyl halides is 2. The molecule has 166 valence electrons. The van der Waals surface area contributed by atoms with Gasteiger partial charge in [-0.1, -0.05) is 0 Å². The number of ether oxygens (including phenoxy) is 3. The van der Waals surface area contributed by atoms with Gasteiger partial charge in [0.1, 0.15) is 5.69 Å². The Morgan fingerprint density at radius 2 is 2.03 bits per heavy atom. The molecular formula is C19H26F2N4O5. The van der Waals surface area contributed by atoms with E-state index in [0.29, 0.717) is 28.8 Å². The van der Waals surface area contributed by atoms with Crippen molar-refractivity contribution in [2.75, 3.05) is 33.7 Å². The maximum Gasteiger partial charge on any atom is 0.333 e. The standard InChI is InChI=1S/C19H26F2N4O5/c1-28-11-13(17(26)27)5-4-7-19(29-2,30-3)15-9-12(6-8-23-15)16-14(22)10-24-25(16)18(20)21/h6,8-10,13,18H,4-5,7,11,22H2,1-3H3,(H,26,27). The Kier molecular flexibility index (Phi) is 8.21. The summed E-state index contributed by atoms with van der Waals surface area (Å²) in [7, 11) is 4.30. The highest BCUT2D eigenvalue weighted by molar-refractivity contribution is 5.72. The summed E-state index contributed by atoms with van der Waals surface area (Å²) in [6, 6.07) is 3.08. The van der Waals surface area contributed by atoms with Crippen LogP contribution in [0.4, 0.5) is 14.5 Å². The Balaban J connectivity index is 2.31. The van der Waals surface area contributed by atoms with Crippen molar-refractivity contribution in [2.24, 2.45) is 5.92 Å². The van der Waals surface area contributed by atoms with Crippen LogP contribution in [0.2, 0.25) is 0 Å². The van der Waals surface area contributed by atoms with E-state index in [9.17, 15) is 18.7 Å². The van der Waals surface area contributed by atoms with E-state index < -0.39 is 24.2 Å². The molecule has 2 aromatic rings. The molecule has 3 N–H and O–H groups in total. The lowest BCUT2D eigenvalue weighted by Gasteiger charge is -2.31. The number of halogens is 2. The molecule has 0 aliphatic heterocycles. The van der Waals surface area contributed by atoms with Crippen LogP contribution >= 0.6 is 0 Å². The maximum atomic E-state index is 13.3. The van der Waals surface area contributed by atoms with Crippen LogP contribution in [0.15, 0.2) is 24.5 Å². The first-order valence-corrected chi connectivity index (χ1v) is 9.19. The fourth-order valence-corrected chi connectivity index (χ4v) is 3.29. The highest BCUT2D eigenvalue weighted by Gasteiger charge is 2.34. The summed E-state index contributed by atoms with van der Waals surface area (Å²) in [5.41, 5.74) is 6.70. The fourth-order valence-electron chi connectivity index (χ4n) is 3.29. The van der Waals surface area contributed by atoms with Crippen LogP contribution in [0.5, 0.6) is 0 Å². The normalized spacial score (nSPS) is 13.0. The van der Waals surface area contributed by atoms with E-state index in [1.807, 2.05) is 0 Å². The fraction of sp³-hybridized carbons (Fsp3) is 0.526. The molecule has 0 saturated carbocycles. The van der Waals surface area contributed by atoms with Crippen LogP contribution < -0.4 is 5.73 Å². The highest BCUT2D eigenvalue weighted by Crippen LogP contribution is 2.35. The van der Waals surface area contributed by atoms with Crippen LogP contribution in [0.25, 0.3) is 11.3 Å². The Labute approximate surface area is 172 Å². The van der Waals surface area contributed by atoms with Crippen LogP contribution in [0, 0.1) is 5.92 Å². The van der Waals surface area contributed by atoms with Crippen molar-refractivity contribution in [3.63, 3.8) is 0 Å². The van der Waals surface area contributed by atoms with Gasteiger partial charge in [0.25, 0.3) is 0 Å². The number of hydrogen-bond donors (Lipinski definition) is 2. The second-order valence-corrected chi connectivity index (χ2v) is 6.64. The molecule has 0 saturated heterocycles. The second-order valence-electron chi connectivity index (χ2n) is 6.64. The molecule has 30 heavy (non-hydrogen) atoms. The predicted molar refractivity (Wildman–Crippen MR) is 104 cm³/mol. The molecule has 0 amide bonds. The van der Waals surface area contributed by atoms with Gasteiger partial charge in [-0.3, -0.25) is 9.78 Å². The lowest BCUT2D eigenvalue weighted by Crippen LogP contribution is -2.32. The van der Waals surface area contributed by atoms with Crippen molar-refractivity contribution in [1.29, 1.82) is 0 Å². The molecule has 0 spiro atoms. The number of carboxylic acids is 1. The summed E-state index contributed by atoms with van der Waals surface area (Å²) >= 11 is 0. The van der Waals surface area contributed by atoms with Crippen molar-refractivity contribution < 1.29 is 32.9 Å². The SMILES string of the molecule is COCC(CCCC(OC)(OC)c1cc(-c2c(N)cnn2C(F)F)ccn1)C(=O)O. The molecule has 0 aliphatic carbocycles. The Morgan fingerprint density at radius 1 is 1.33 bits per heavy atom. The molecule has 2 rings (SSSR count). The topological polar surface area (TPSA) is 122 Å². The van der Waals surface area contributed by atoms with E-state index in [0.717, 1.165) is 6.20 Å². The summed E-state index contributed by atoms with van der Waals surface area (Å²) in [4.78, 5) is 15.6. The first kappa shape index (κ1) is 23.6. The number of pyridine rings is 1. The number of nitrogens with two attached hydrogens (primary N) is 1. The number of anilines is 1. The minimum Gasteiger partial charge on any atom is -0.481 e. The van der Waals surface area contributed by atoms with Gasteiger partial charge in [-0.15, -0.1) is 0 Å². The smallest absolute Gasteiger partial charge is 0.333 e. The molecular weight excluding hydrogens is 402 g/mol. The molecule has 1 atom stereocenters. The second kappa shape index (κ2) is 10.4. The third-order valence-electron chi connectivity index (χ3n) is 4.87. The van der Waals surface area contributed by atoms with Crippen molar-refractivity contribution in [3.8, 4) is 11.3 Å². The zero-order chi connectivity index (χ0) is 22.3. The van der Waals surface area contributed by atoms with Crippen LogP contribution in [0.1, 0.15) is 31.5 Å². The van der Waals surface area contributed by atoms with Crippen molar-refractivity contribution >= 4 is 11.7 Å². The van der Waals surface area contributed by atoms with Crippen LogP contribution in [-0.2, 0) is 24.8 Å². The zero-order valence-corrected chi connectivity index (χ0v) is 17.0. The van der Waals surface area contributed by atoms with Gasteiger partial charge in [0, 0.05) is 39.5 Å². The van der Waals surface area contributed by atoms with Gasteiger partial charge < -0.3 is 25.1 Å². The lowest BCUT2D eigenvalue weighted by atomic mass is 9.97. The number of carbonyl (C=O) groups is 1. The molecule has 0 bridgehead atoms. The predicted octanol–water partition coefficient (Wildman–Crippen LogP) is 2.89. The summed E-state index contributed by atoms with van der Waals surface area (Å²) < 4.78 is 43.2. The summed E-state index contributed by atoms with van der Waals surface area (Å²) in [5.74, 6) is -2.91. The first-order chi connectivity index (χ1) is 14.3. The molecule has 2 aromatic heterocycles. The van der Waals surface area contributed by atoms with Gasteiger partial charge in [-0.2, -0.15) is 13.9 Å². The van der Waals surface area contributed by atoms with E-state index in [4.69, 9.17) is 19.9 Å².